The fourth-order valence-electron chi connectivity index (χ4n) is 2.62. The van der Waals surface area contributed by atoms with E-state index in [0.29, 0.717) is 17.1 Å². The molecule has 0 spiro atoms. The fraction of sp³-hybridized carbons (Fsp3) is 0.300. The molecule has 144 valence electrons. The summed E-state index contributed by atoms with van der Waals surface area (Å²) in [5, 5.41) is 4.06. The van der Waals surface area contributed by atoms with Crippen LogP contribution in [0.3, 0.4) is 0 Å². The molecule has 0 bridgehead atoms. The number of amides is 1. The number of nitrogens with zero attached hydrogens (tertiary/aromatic N) is 2. The van der Waals surface area contributed by atoms with Gasteiger partial charge in [-0.05, 0) is 66.8 Å². The first-order valence-corrected chi connectivity index (χ1v) is 9.71. The monoisotopic (exact) mass is 481 g/mol. The van der Waals surface area contributed by atoms with Gasteiger partial charge in [-0.3, -0.25) is 4.79 Å². The normalized spacial score (nSPS) is 10.7. The zero-order valence-corrected chi connectivity index (χ0v) is 18.1. The van der Waals surface area contributed by atoms with E-state index in [1.807, 2.05) is 24.3 Å². The van der Waals surface area contributed by atoms with Gasteiger partial charge >= 0.3 is 0 Å². The highest BCUT2D eigenvalue weighted by Crippen LogP contribution is 2.25. The van der Waals surface area contributed by atoms with Crippen molar-refractivity contribution in [2.24, 2.45) is 5.10 Å². The summed E-state index contributed by atoms with van der Waals surface area (Å²) in [5.74, 6) is 1.05. The Hall–Kier alpha value is -2.29. The molecular weight excluding hydrogens is 457 g/mol. The van der Waals surface area contributed by atoms with E-state index in [9.17, 15) is 4.79 Å². The minimum atomic E-state index is -0.306. The number of rotatable bonds is 8. The molecule has 0 saturated carbocycles. The average Bonchev–Trinajstić information content (AvgIpc) is 2.69. The molecule has 0 aliphatic carbocycles. The van der Waals surface area contributed by atoms with Crippen LogP contribution in [0.1, 0.15) is 29.8 Å². The zero-order valence-electron chi connectivity index (χ0n) is 16.0. The number of ether oxygens (including phenoxy) is 2. The molecule has 2 rings (SSSR count). The Morgan fingerprint density at radius 2 is 1.81 bits per heavy atom. The SMILES string of the molecule is CCN(CC)c1ccc(/C=N/NC(=O)c2ccc(I)c(OC)c2)c(OC)c1. The van der Waals surface area contributed by atoms with Gasteiger partial charge in [0.05, 0.1) is 24.0 Å². The summed E-state index contributed by atoms with van der Waals surface area (Å²) in [7, 11) is 3.20. The molecule has 0 radical (unpaired) electrons. The maximum Gasteiger partial charge on any atom is 0.271 e. The van der Waals surface area contributed by atoms with E-state index in [4.69, 9.17) is 9.47 Å². The van der Waals surface area contributed by atoms with Gasteiger partial charge in [0.1, 0.15) is 11.5 Å². The van der Waals surface area contributed by atoms with Gasteiger partial charge in [0, 0.05) is 36.0 Å². The van der Waals surface area contributed by atoms with Crippen molar-refractivity contribution in [2.45, 2.75) is 13.8 Å². The van der Waals surface area contributed by atoms with Crippen molar-refractivity contribution in [2.75, 3.05) is 32.2 Å². The lowest BCUT2D eigenvalue weighted by Crippen LogP contribution is -2.21. The third-order valence-corrected chi connectivity index (χ3v) is 5.02. The molecule has 2 aromatic rings. The van der Waals surface area contributed by atoms with E-state index >= 15 is 0 Å². The minimum absolute atomic E-state index is 0.306. The summed E-state index contributed by atoms with van der Waals surface area (Å²) in [6.45, 7) is 6.06. The molecule has 2 aromatic carbocycles. The summed E-state index contributed by atoms with van der Waals surface area (Å²) in [6, 6.07) is 11.2. The lowest BCUT2D eigenvalue weighted by molar-refractivity contribution is 0.0954. The predicted molar refractivity (Wildman–Crippen MR) is 117 cm³/mol. The maximum atomic E-state index is 12.3. The molecule has 1 N–H and O–H groups in total. The lowest BCUT2D eigenvalue weighted by Gasteiger charge is -2.21. The van der Waals surface area contributed by atoms with Crippen LogP contribution in [-0.4, -0.2) is 39.4 Å². The van der Waals surface area contributed by atoms with E-state index < -0.39 is 0 Å². The number of hydrogen-bond donors (Lipinski definition) is 1. The number of hydrogen-bond acceptors (Lipinski definition) is 5. The molecule has 0 unspecified atom stereocenters. The van der Waals surface area contributed by atoms with Crippen molar-refractivity contribution in [1.82, 2.24) is 5.43 Å². The third-order valence-electron chi connectivity index (χ3n) is 4.13. The molecule has 0 saturated heterocycles. The van der Waals surface area contributed by atoms with Gasteiger partial charge in [-0.2, -0.15) is 5.10 Å². The highest BCUT2D eigenvalue weighted by atomic mass is 127. The fourth-order valence-corrected chi connectivity index (χ4v) is 3.17. The summed E-state index contributed by atoms with van der Waals surface area (Å²) < 4.78 is 11.6. The molecule has 27 heavy (non-hydrogen) atoms. The molecule has 7 heteroatoms. The van der Waals surface area contributed by atoms with Crippen molar-refractivity contribution in [3.8, 4) is 11.5 Å². The van der Waals surface area contributed by atoms with E-state index in [1.54, 1.807) is 32.6 Å². The van der Waals surface area contributed by atoms with Crippen molar-refractivity contribution >= 4 is 40.4 Å². The standard InChI is InChI=1S/C20H24IN3O3/c1-5-24(6-2)16-9-7-15(18(12-16)26-3)13-22-23-20(25)14-8-10-17(21)19(11-14)27-4/h7-13H,5-6H2,1-4H3,(H,23,25)/b22-13+. The minimum Gasteiger partial charge on any atom is -0.496 e. The first-order valence-electron chi connectivity index (χ1n) is 8.63. The van der Waals surface area contributed by atoms with Crippen LogP contribution in [-0.2, 0) is 0 Å². The van der Waals surface area contributed by atoms with Crippen molar-refractivity contribution < 1.29 is 14.3 Å². The summed E-state index contributed by atoms with van der Waals surface area (Å²) in [5.41, 5.74) is 4.89. The number of hydrazone groups is 1. The highest BCUT2D eigenvalue weighted by molar-refractivity contribution is 14.1. The highest BCUT2D eigenvalue weighted by Gasteiger charge is 2.09. The Bertz CT molecular complexity index is 820. The zero-order chi connectivity index (χ0) is 19.8. The Kier molecular flexibility index (Phi) is 7.90. The van der Waals surface area contributed by atoms with Gasteiger partial charge in [0.15, 0.2) is 0 Å². The van der Waals surface area contributed by atoms with Crippen LogP contribution >= 0.6 is 22.6 Å². The smallest absolute Gasteiger partial charge is 0.271 e. The van der Waals surface area contributed by atoms with Crippen LogP contribution < -0.4 is 19.8 Å². The second kappa shape index (κ2) is 10.1. The van der Waals surface area contributed by atoms with Crippen LogP contribution in [0.5, 0.6) is 11.5 Å². The number of anilines is 1. The largest absolute Gasteiger partial charge is 0.496 e. The maximum absolute atomic E-state index is 12.3. The van der Waals surface area contributed by atoms with E-state index in [1.165, 1.54) is 0 Å². The van der Waals surface area contributed by atoms with Crippen molar-refractivity contribution in [1.29, 1.82) is 0 Å². The molecular formula is C20H24IN3O3. The number of nitrogens with one attached hydrogen (secondary N) is 1. The van der Waals surface area contributed by atoms with Crippen molar-refractivity contribution in [3.05, 3.63) is 51.1 Å². The lowest BCUT2D eigenvalue weighted by atomic mass is 10.2. The summed E-state index contributed by atoms with van der Waals surface area (Å²) in [6.07, 6.45) is 1.58. The Morgan fingerprint density at radius 1 is 1.11 bits per heavy atom. The third kappa shape index (κ3) is 5.35. The Morgan fingerprint density at radius 3 is 2.44 bits per heavy atom. The molecule has 0 fully saturated rings. The molecule has 0 aliphatic heterocycles. The molecule has 0 heterocycles. The van der Waals surface area contributed by atoms with E-state index in [2.05, 4.69) is 51.9 Å². The Labute approximate surface area is 173 Å². The van der Waals surface area contributed by atoms with E-state index in [-0.39, 0.29) is 5.91 Å². The van der Waals surface area contributed by atoms with Crippen LogP contribution in [0.25, 0.3) is 0 Å². The molecule has 0 aliphatic rings. The first kappa shape index (κ1) is 21.0. The first-order chi connectivity index (χ1) is 13.0. The van der Waals surface area contributed by atoms with Gasteiger partial charge in [-0.1, -0.05) is 0 Å². The van der Waals surface area contributed by atoms with Crippen molar-refractivity contribution in [3.63, 3.8) is 0 Å². The number of methoxy groups -OCH3 is 2. The summed E-state index contributed by atoms with van der Waals surface area (Å²) in [4.78, 5) is 14.5. The van der Waals surface area contributed by atoms with Gasteiger partial charge in [-0.25, -0.2) is 5.43 Å². The Balaban J connectivity index is 2.12. The van der Waals surface area contributed by atoms with Crippen LogP contribution in [0.2, 0.25) is 0 Å². The quantitative estimate of drug-likeness (QED) is 0.353. The number of carbonyl (C=O) groups excluding carboxylic acids is 1. The molecule has 6 nitrogen and oxygen atoms in total. The molecule has 0 atom stereocenters. The van der Waals surface area contributed by atoms with Gasteiger partial charge in [0.2, 0.25) is 0 Å². The van der Waals surface area contributed by atoms with Crippen LogP contribution in [0.15, 0.2) is 41.5 Å². The second-order valence-corrected chi connectivity index (χ2v) is 6.81. The average molecular weight is 481 g/mol. The summed E-state index contributed by atoms with van der Waals surface area (Å²) >= 11 is 2.15. The number of carbonyl (C=O) groups is 1. The second-order valence-electron chi connectivity index (χ2n) is 5.65. The van der Waals surface area contributed by atoms with Gasteiger partial charge in [0.25, 0.3) is 5.91 Å². The van der Waals surface area contributed by atoms with E-state index in [0.717, 1.165) is 27.9 Å². The van der Waals surface area contributed by atoms with Crippen LogP contribution in [0, 0.1) is 3.57 Å². The molecule has 0 aromatic heterocycles. The number of benzene rings is 2. The van der Waals surface area contributed by atoms with Gasteiger partial charge < -0.3 is 14.4 Å². The molecule has 1 amide bonds. The van der Waals surface area contributed by atoms with Gasteiger partial charge in [-0.15, -0.1) is 0 Å². The number of halogens is 1. The predicted octanol–water partition coefficient (Wildman–Crippen LogP) is 3.92. The van der Waals surface area contributed by atoms with Crippen LogP contribution in [0.4, 0.5) is 5.69 Å². The topological polar surface area (TPSA) is 63.2 Å².